The summed E-state index contributed by atoms with van der Waals surface area (Å²) in [5, 5.41) is 49.3. The smallest absolute Gasteiger partial charge is 0.255 e. The number of aldehydes is 4. The first-order chi connectivity index (χ1) is 39.8. The highest BCUT2D eigenvalue weighted by molar-refractivity contribution is 7.99. The number of thioether (sulfide) groups is 1. The maximum Gasteiger partial charge on any atom is 0.255 e. The second-order valence-corrected chi connectivity index (χ2v) is 22.4. The van der Waals surface area contributed by atoms with E-state index >= 15 is 0 Å². The molecule has 6 aromatic rings. The highest BCUT2D eigenvalue weighted by atomic mass is 32.2. The fourth-order valence-corrected chi connectivity index (χ4v) is 11.4. The first kappa shape index (κ1) is 61.8. The van der Waals surface area contributed by atoms with Crippen molar-refractivity contribution in [2.24, 2.45) is 5.41 Å². The van der Waals surface area contributed by atoms with Crippen LogP contribution in [0.1, 0.15) is 124 Å². The number of ether oxygens (including phenoxy) is 3. The third kappa shape index (κ3) is 15.0. The maximum atomic E-state index is 13.2. The second kappa shape index (κ2) is 28.2. The summed E-state index contributed by atoms with van der Waals surface area (Å²) in [6.45, 7) is 11.6. The lowest BCUT2D eigenvalue weighted by Gasteiger charge is -2.36. The van der Waals surface area contributed by atoms with Crippen LogP contribution < -0.4 is 14.2 Å². The van der Waals surface area contributed by atoms with Gasteiger partial charge in [-0.15, -0.1) is 0 Å². The molecule has 2 unspecified atom stereocenters. The minimum Gasteiger partial charge on any atom is -0.508 e. The number of piperidine rings is 1. The molecule has 3 aliphatic heterocycles. The number of aromatic hydroxyl groups is 5. The van der Waals surface area contributed by atoms with Crippen molar-refractivity contribution in [1.82, 2.24) is 14.7 Å². The van der Waals surface area contributed by atoms with Gasteiger partial charge in [0.2, 0.25) is 5.91 Å². The van der Waals surface area contributed by atoms with Crippen molar-refractivity contribution < 1.29 is 73.3 Å². The molecule has 83 heavy (non-hydrogen) atoms. The molecule has 3 fully saturated rings. The zero-order valence-electron chi connectivity index (χ0n) is 47.0. The molecule has 6 aromatic carbocycles. The van der Waals surface area contributed by atoms with Gasteiger partial charge in [0.15, 0.2) is 25.1 Å². The molecule has 3 amide bonds. The number of aryl methyl sites for hydroxylation is 1. The zero-order chi connectivity index (χ0) is 60.0. The van der Waals surface area contributed by atoms with Gasteiger partial charge in [-0.3, -0.25) is 33.6 Å². The van der Waals surface area contributed by atoms with Crippen molar-refractivity contribution in [3.05, 3.63) is 165 Å². The summed E-state index contributed by atoms with van der Waals surface area (Å²) in [6.07, 6.45) is 5.13. The van der Waals surface area contributed by atoms with Gasteiger partial charge in [0.05, 0.1) is 51.5 Å². The average molecular weight is 1150 g/mol. The summed E-state index contributed by atoms with van der Waals surface area (Å²) < 4.78 is 17.7. The summed E-state index contributed by atoms with van der Waals surface area (Å²) >= 11 is 1.73. The Morgan fingerprint density at radius 1 is 0.578 bits per heavy atom. The number of carbonyl (C=O) groups excluding carboxylic acids is 7. The number of hydrogen-bond donors (Lipinski definition) is 5. The first-order valence-electron chi connectivity index (χ1n) is 27.1. The van der Waals surface area contributed by atoms with E-state index in [2.05, 4.69) is 13.8 Å². The van der Waals surface area contributed by atoms with Gasteiger partial charge in [0, 0.05) is 48.7 Å². The lowest BCUT2D eigenvalue weighted by atomic mass is 9.91. The van der Waals surface area contributed by atoms with Crippen LogP contribution in [0.5, 0.6) is 46.0 Å². The molecular weight excluding hydrogens is 1080 g/mol. The number of hydrogen-bond acceptors (Lipinski definition) is 16. The highest BCUT2D eigenvalue weighted by Gasteiger charge is 2.41. The van der Waals surface area contributed by atoms with Gasteiger partial charge in [-0.05, 0) is 117 Å². The number of phenols is 5. The Bertz CT molecular complexity index is 3290. The SMILES string of the molecule is Cc1c(O)cccc1OCC1CCCC(=O)N1Cc1cccc(O)c1C=O.Cc1c(O)cccc1OCC1CSCCN1C(=O)c1cccc(O)c1C=O.Cc1cccc(OC[C@@H]2CC(C)(C)CN2C(=O)c2cccc(O)c2C=O)c1C=O. The molecule has 0 radical (unpaired) electrons. The standard InChI is InChI=1S/C23H25NO5.C21H23NO5.C20H21NO5S/c1-15-6-4-9-21(18(15)11-25)29-13-16-10-23(2,3)14-24(16)22(28)17-7-5-8-20(27)19(17)12-26;1-14-18(24)7-4-9-20(14)27-13-16-6-3-10-21(26)22(16)11-15-5-2-8-19(25)17(15)12-23;1-13-17(23)5-3-7-19(13)26-11-14-12-27-9-8-21(14)20(25)15-4-2-6-18(24)16(15)10-22/h4-9,11-12,16,27H,10,13-14H2,1-3H3;2,4-5,7-9,12,16,24-25H,3,6,10-11,13H2,1H3;2-7,10,14,23-24H,8-9,11-12H2,1H3/t16-;;/m0../s1. The number of rotatable bonds is 17. The minimum absolute atomic E-state index is 0.00247. The Morgan fingerprint density at radius 2 is 1.05 bits per heavy atom. The predicted octanol–water partition coefficient (Wildman–Crippen LogP) is 9.68. The van der Waals surface area contributed by atoms with E-state index in [1.54, 1.807) is 119 Å². The molecule has 3 saturated heterocycles. The van der Waals surface area contributed by atoms with Crippen molar-refractivity contribution >= 4 is 54.6 Å². The van der Waals surface area contributed by atoms with Gasteiger partial charge in [-0.2, -0.15) is 11.8 Å². The Kier molecular flexibility index (Phi) is 21.0. The first-order valence-corrected chi connectivity index (χ1v) is 28.3. The number of amides is 3. The monoisotopic (exact) mass is 1150 g/mol. The second-order valence-electron chi connectivity index (χ2n) is 21.3. The van der Waals surface area contributed by atoms with Crippen LogP contribution in [0.4, 0.5) is 0 Å². The van der Waals surface area contributed by atoms with Crippen LogP contribution in [0.2, 0.25) is 0 Å². The molecule has 436 valence electrons. The van der Waals surface area contributed by atoms with Gasteiger partial charge in [-0.1, -0.05) is 62.4 Å². The van der Waals surface area contributed by atoms with Gasteiger partial charge >= 0.3 is 0 Å². The van der Waals surface area contributed by atoms with Crippen molar-refractivity contribution in [2.45, 2.75) is 85.0 Å². The number of likely N-dealkylation sites (tertiary alicyclic amines) is 2. The molecule has 3 atom stereocenters. The molecule has 0 aliphatic carbocycles. The summed E-state index contributed by atoms with van der Waals surface area (Å²) in [5.74, 6) is 2.35. The number of carbonyl (C=O) groups is 7. The Hall–Kier alpha value is -8.84. The Balaban J connectivity index is 0.000000179. The van der Waals surface area contributed by atoms with Crippen molar-refractivity contribution in [1.29, 1.82) is 0 Å². The van der Waals surface area contributed by atoms with E-state index in [1.807, 2.05) is 19.1 Å². The van der Waals surface area contributed by atoms with E-state index in [0.717, 1.165) is 36.9 Å². The third-order valence-electron chi connectivity index (χ3n) is 15.0. The largest absolute Gasteiger partial charge is 0.508 e. The van der Waals surface area contributed by atoms with E-state index in [9.17, 15) is 59.1 Å². The fraction of sp³-hybridized carbons (Fsp3) is 0.328. The zero-order valence-corrected chi connectivity index (χ0v) is 47.8. The molecule has 0 bridgehead atoms. The normalized spacial score (nSPS) is 17.2. The van der Waals surface area contributed by atoms with E-state index in [0.29, 0.717) is 90.2 Å². The Morgan fingerprint density at radius 3 is 1.63 bits per heavy atom. The molecule has 9 rings (SSSR count). The van der Waals surface area contributed by atoms with Crippen LogP contribution in [0.3, 0.4) is 0 Å². The van der Waals surface area contributed by atoms with Crippen LogP contribution in [0.15, 0.2) is 109 Å². The Labute approximate surface area is 486 Å². The molecule has 0 aromatic heterocycles. The molecule has 0 spiro atoms. The van der Waals surface area contributed by atoms with E-state index in [1.165, 1.54) is 18.2 Å². The van der Waals surface area contributed by atoms with Gasteiger partial charge in [0.1, 0.15) is 65.8 Å². The summed E-state index contributed by atoms with van der Waals surface area (Å²) in [5.41, 5.74) is 3.68. The molecule has 18 nitrogen and oxygen atoms in total. The quantitative estimate of drug-likeness (QED) is 0.0533. The molecule has 0 saturated carbocycles. The lowest BCUT2D eigenvalue weighted by Crippen LogP contribution is -2.49. The van der Waals surface area contributed by atoms with Crippen LogP contribution in [-0.4, -0.2) is 146 Å². The average Bonchev–Trinajstić information content (AvgIpc) is 3.85. The molecule has 3 aliphatic rings. The van der Waals surface area contributed by atoms with E-state index < -0.39 is 0 Å². The molecular formula is C64H69N3O15S. The summed E-state index contributed by atoms with van der Waals surface area (Å²) in [7, 11) is 0. The predicted molar refractivity (Wildman–Crippen MR) is 313 cm³/mol. The highest BCUT2D eigenvalue weighted by Crippen LogP contribution is 2.37. The summed E-state index contributed by atoms with van der Waals surface area (Å²) in [4.78, 5) is 89.3. The van der Waals surface area contributed by atoms with E-state index in [-0.39, 0.29) is 118 Å². The van der Waals surface area contributed by atoms with Crippen molar-refractivity contribution in [3.8, 4) is 46.0 Å². The third-order valence-corrected chi connectivity index (χ3v) is 16.1. The molecule has 3 heterocycles. The van der Waals surface area contributed by atoms with Crippen molar-refractivity contribution in [2.75, 3.05) is 44.4 Å². The topological polar surface area (TPSA) is 258 Å². The number of benzene rings is 6. The maximum absolute atomic E-state index is 13.2. The van der Waals surface area contributed by atoms with Crippen LogP contribution in [0, 0.1) is 26.2 Å². The molecule has 19 heteroatoms. The van der Waals surface area contributed by atoms with Gasteiger partial charge in [0.25, 0.3) is 11.8 Å². The lowest BCUT2D eigenvalue weighted by molar-refractivity contribution is -0.138. The van der Waals surface area contributed by atoms with Crippen LogP contribution in [0.25, 0.3) is 0 Å². The fourth-order valence-electron chi connectivity index (χ4n) is 10.3. The summed E-state index contributed by atoms with van der Waals surface area (Å²) in [6, 6.07) is 28.8. The molecule has 5 N–H and O–H groups in total. The number of nitrogens with zero attached hydrogens (tertiary/aromatic N) is 3. The van der Waals surface area contributed by atoms with Crippen molar-refractivity contribution in [3.63, 3.8) is 0 Å². The van der Waals surface area contributed by atoms with E-state index in [4.69, 9.17) is 14.2 Å². The van der Waals surface area contributed by atoms with Crippen LogP contribution >= 0.6 is 11.8 Å². The minimum atomic E-state index is -0.318. The number of phenolic OH excluding ortho intramolecular Hbond substituents is 5. The van der Waals surface area contributed by atoms with Gasteiger partial charge < -0.3 is 54.4 Å². The van der Waals surface area contributed by atoms with Crippen LogP contribution in [-0.2, 0) is 11.3 Å². The van der Waals surface area contributed by atoms with Gasteiger partial charge in [-0.25, -0.2) is 0 Å².